The van der Waals surface area contributed by atoms with Gasteiger partial charge in [-0.05, 0) is 49.5 Å². The Balaban J connectivity index is 1.61. The summed E-state index contributed by atoms with van der Waals surface area (Å²) in [6.45, 7) is 2.71. The van der Waals surface area contributed by atoms with Gasteiger partial charge in [0.15, 0.2) is 0 Å². The molecule has 5 nitrogen and oxygen atoms in total. The van der Waals surface area contributed by atoms with Gasteiger partial charge in [0.1, 0.15) is 29.7 Å². The van der Waals surface area contributed by atoms with E-state index in [-0.39, 0.29) is 11.7 Å². The van der Waals surface area contributed by atoms with Crippen LogP contribution >= 0.6 is 11.6 Å². The fourth-order valence-electron chi connectivity index (χ4n) is 3.88. The molecule has 1 saturated heterocycles. The number of nitrogens with one attached hydrogen (secondary N) is 1. The Kier molecular flexibility index (Phi) is 4.93. The van der Waals surface area contributed by atoms with E-state index in [1.165, 1.54) is 6.07 Å². The predicted molar refractivity (Wildman–Crippen MR) is 106 cm³/mol. The number of nitrogens with zero attached hydrogens (tertiary/aromatic N) is 2. The fraction of sp³-hybridized carbons (Fsp3) is 0.350. The number of amidine groups is 1. The molecule has 0 bridgehead atoms. The van der Waals surface area contributed by atoms with Crippen molar-refractivity contribution in [2.75, 3.05) is 31.1 Å². The maximum Gasteiger partial charge on any atom is 0.136 e. The van der Waals surface area contributed by atoms with E-state index in [1.807, 2.05) is 18.2 Å². The molecule has 0 saturated carbocycles. The van der Waals surface area contributed by atoms with Gasteiger partial charge in [0.2, 0.25) is 0 Å². The van der Waals surface area contributed by atoms with Crippen LogP contribution in [0.4, 0.5) is 10.1 Å². The molecule has 3 N–H and O–H groups in total. The van der Waals surface area contributed by atoms with Gasteiger partial charge in [-0.1, -0.05) is 17.7 Å². The molecule has 142 valence electrons. The summed E-state index contributed by atoms with van der Waals surface area (Å²) in [7, 11) is 0. The maximum atomic E-state index is 14.4. The van der Waals surface area contributed by atoms with Crippen LogP contribution in [-0.2, 0) is 0 Å². The van der Waals surface area contributed by atoms with Crippen molar-refractivity contribution < 1.29 is 9.13 Å². The Morgan fingerprint density at radius 2 is 1.93 bits per heavy atom. The van der Waals surface area contributed by atoms with Crippen molar-refractivity contribution in [2.45, 2.75) is 18.5 Å². The van der Waals surface area contributed by atoms with Crippen LogP contribution < -0.4 is 20.7 Å². The summed E-state index contributed by atoms with van der Waals surface area (Å²) in [4.78, 5) is 6.91. The topological polar surface area (TPSA) is 62.9 Å². The Hall–Kier alpha value is -2.31. The molecule has 2 aliphatic rings. The van der Waals surface area contributed by atoms with Gasteiger partial charge in [-0.25, -0.2) is 9.38 Å². The molecule has 0 atom stereocenters. The van der Waals surface area contributed by atoms with Crippen molar-refractivity contribution in [3.05, 3.63) is 58.9 Å². The van der Waals surface area contributed by atoms with Gasteiger partial charge in [-0.2, -0.15) is 0 Å². The lowest BCUT2D eigenvalue weighted by molar-refractivity contribution is 0.262. The molecule has 0 aromatic heterocycles. The van der Waals surface area contributed by atoms with Crippen LogP contribution in [0.3, 0.4) is 0 Å². The van der Waals surface area contributed by atoms with Crippen molar-refractivity contribution in [3.63, 3.8) is 0 Å². The minimum atomic E-state index is -0.459. The number of aliphatic imine (C=N–C) groups is 1. The van der Waals surface area contributed by atoms with Crippen LogP contribution in [0.15, 0.2) is 47.5 Å². The molecule has 7 heteroatoms. The molecule has 0 amide bonds. The average Bonchev–Trinajstić information content (AvgIpc) is 2.66. The second-order valence-corrected chi connectivity index (χ2v) is 7.25. The first-order chi connectivity index (χ1) is 13.1. The number of halogens is 2. The van der Waals surface area contributed by atoms with Crippen molar-refractivity contribution in [1.29, 1.82) is 0 Å². The van der Waals surface area contributed by atoms with Crippen LogP contribution in [0.2, 0.25) is 5.02 Å². The van der Waals surface area contributed by atoms with E-state index in [1.54, 1.807) is 18.2 Å². The third-order valence-electron chi connectivity index (χ3n) is 5.17. The van der Waals surface area contributed by atoms with Gasteiger partial charge >= 0.3 is 0 Å². The lowest BCUT2D eigenvalue weighted by atomic mass is 9.92. The second-order valence-electron chi connectivity index (χ2n) is 6.82. The van der Waals surface area contributed by atoms with E-state index in [4.69, 9.17) is 27.1 Å². The monoisotopic (exact) mass is 388 g/mol. The maximum absolute atomic E-state index is 14.4. The van der Waals surface area contributed by atoms with Gasteiger partial charge in [-0.15, -0.1) is 0 Å². The number of hydrogen-bond acceptors (Lipinski definition) is 5. The zero-order chi connectivity index (χ0) is 18.9. The first-order valence-electron chi connectivity index (χ1n) is 9.10. The van der Waals surface area contributed by atoms with Crippen LogP contribution in [0.5, 0.6) is 5.75 Å². The molecular weight excluding hydrogens is 367 g/mol. The zero-order valence-corrected chi connectivity index (χ0v) is 15.7. The molecule has 1 spiro atoms. The number of ether oxygens (including phenoxy) is 1. The summed E-state index contributed by atoms with van der Waals surface area (Å²) in [6.07, 6.45) is 1.62. The Labute approximate surface area is 163 Å². The molecule has 0 aliphatic carbocycles. The van der Waals surface area contributed by atoms with Gasteiger partial charge < -0.3 is 20.7 Å². The Morgan fingerprint density at radius 3 is 2.67 bits per heavy atom. The minimum Gasteiger partial charge on any atom is -0.492 e. The quantitative estimate of drug-likeness (QED) is 0.844. The minimum absolute atomic E-state index is 0.278. The van der Waals surface area contributed by atoms with Crippen LogP contribution in [-0.4, -0.2) is 37.7 Å². The first-order valence-corrected chi connectivity index (χ1v) is 9.48. The number of nitrogens with two attached hydrogens (primary N) is 1. The number of rotatable bonds is 4. The number of hydrogen-bond donors (Lipinski definition) is 2. The summed E-state index contributed by atoms with van der Waals surface area (Å²) in [5, 5.41) is 4.03. The fourth-order valence-corrected chi connectivity index (χ4v) is 4.00. The van der Waals surface area contributed by atoms with Gasteiger partial charge in [0.25, 0.3) is 0 Å². The molecular formula is C20H22ClFN4O. The van der Waals surface area contributed by atoms with Crippen molar-refractivity contribution in [2.24, 2.45) is 10.7 Å². The van der Waals surface area contributed by atoms with Crippen molar-refractivity contribution >= 4 is 23.1 Å². The van der Waals surface area contributed by atoms with Crippen LogP contribution in [0, 0.1) is 5.82 Å². The van der Waals surface area contributed by atoms with Crippen LogP contribution in [0.1, 0.15) is 18.4 Å². The largest absolute Gasteiger partial charge is 0.492 e. The standard InChI is InChI=1S/C20H22ClFN4O/c21-14-4-6-15(7-5-14)27-13-12-26-17-3-1-2-16(22)18(17)19(23)25-20(26)8-10-24-11-9-20/h1-7,24H,8-13H2,(H2,23,25). The van der Waals surface area contributed by atoms with E-state index in [9.17, 15) is 4.39 Å². The van der Waals surface area contributed by atoms with E-state index in [2.05, 4.69) is 10.2 Å². The SMILES string of the molecule is NC1=NC2(CCNCC2)N(CCOc2ccc(Cl)cc2)c2cccc(F)c21. The summed E-state index contributed by atoms with van der Waals surface area (Å²) in [5.41, 5.74) is 6.87. The smallest absolute Gasteiger partial charge is 0.136 e. The predicted octanol–water partition coefficient (Wildman–Crippen LogP) is 3.16. The summed E-state index contributed by atoms with van der Waals surface area (Å²) < 4.78 is 20.3. The molecule has 0 unspecified atom stereocenters. The van der Waals surface area contributed by atoms with Crippen molar-refractivity contribution in [3.8, 4) is 5.75 Å². The van der Waals surface area contributed by atoms with Gasteiger partial charge in [0, 0.05) is 17.9 Å². The normalized spacial score (nSPS) is 18.1. The molecule has 2 aromatic rings. The molecule has 2 heterocycles. The summed E-state index contributed by atoms with van der Waals surface area (Å²) in [5.74, 6) is 0.680. The summed E-state index contributed by atoms with van der Waals surface area (Å²) >= 11 is 5.92. The van der Waals surface area contributed by atoms with Gasteiger partial charge in [0.05, 0.1) is 17.8 Å². The molecule has 27 heavy (non-hydrogen) atoms. The Morgan fingerprint density at radius 1 is 1.19 bits per heavy atom. The molecule has 4 rings (SSSR count). The Bertz CT molecular complexity index is 850. The lowest BCUT2D eigenvalue weighted by Crippen LogP contribution is -2.58. The van der Waals surface area contributed by atoms with E-state index in [0.29, 0.717) is 23.7 Å². The second kappa shape index (κ2) is 7.37. The summed E-state index contributed by atoms with van der Waals surface area (Å²) in [6, 6.07) is 12.3. The number of piperidine rings is 1. The highest BCUT2D eigenvalue weighted by atomic mass is 35.5. The van der Waals surface area contributed by atoms with E-state index in [0.717, 1.165) is 37.4 Å². The molecule has 1 fully saturated rings. The van der Waals surface area contributed by atoms with Crippen LogP contribution in [0.25, 0.3) is 0 Å². The third kappa shape index (κ3) is 3.47. The first kappa shape index (κ1) is 18.1. The zero-order valence-electron chi connectivity index (χ0n) is 14.9. The number of fused-ring (bicyclic) bond motifs is 1. The molecule has 2 aromatic carbocycles. The highest BCUT2D eigenvalue weighted by Crippen LogP contribution is 2.39. The van der Waals surface area contributed by atoms with Crippen molar-refractivity contribution in [1.82, 2.24) is 5.32 Å². The molecule has 0 radical (unpaired) electrons. The number of benzene rings is 2. The third-order valence-corrected chi connectivity index (χ3v) is 5.42. The number of anilines is 1. The average molecular weight is 389 g/mol. The highest BCUT2D eigenvalue weighted by molar-refractivity contribution is 6.30. The molecule has 2 aliphatic heterocycles. The lowest BCUT2D eigenvalue weighted by Gasteiger charge is -2.48. The highest BCUT2D eigenvalue weighted by Gasteiger charge is 2.42. The van der Waals surface area contributed by atoms with Gasteiger partial charge in [-0.3, -0.25) is 0 Å². The van der Waals surface area contributed by atoms with E-state index < -0.39 is 5.66 Å². The van der Waals surface area contributed by atoms with E-state index >= 15 is 0 Å².